The molecular weight excluding hydrogens is 637 g/mol. The van der Waals surface area contributed by atoms with Gasteiger partial charge in [-0.1, -0.05) is 76.2 Å². The van der Waals surface area contributed by atoms with Crippen molar-refractivity contribution in [3.05, 3.63) is 92.9 Å². The first-order chi connectivity index (χ1) is 19.1. The minimum absolute atomic E-state index is 0.00630. The number of carbonyl (C=O) groups excluding carboxylic acids is 2. The van der Waals surface area contributed by atoms with E-state index >= 15 is 0 Å². The van der Waals surface area contributed by atoms with Gasteiger partial charge >= 0.3 is 0 Å². The zero-order valence-electron chi connectivity index (χ0n) is 21.9. The summed E-state index contributed by atoms with van der Waals surface area (Å²) in [5, 5.41) is 3.83. The van der Waals surface area contributed by atoms with Crippen molar-refractivity contribution in [3.63, 3.8) is 0 Å². The van der Waals surface area contributed by atoms with E-state index in [1.807, 2.05) is 0 Å². The van der Waals surface area contributed by atoms with Gasteiger partial charge in [-0.2, -0.15) is 0 Å². The highest BCUT2D eigenvalue weighted by Crippen LogP contribution is 2.27. The van der Waals surface area contributed by atoms with Crippen LogP contribution in [0.5, 0.6) is 0 Å². The summed E-state index contributed by atoms with van der Waals surface area (Å²) in [5.74, 6) is -0.853. The van der Waals surface area contributed by atoms with Crippen LogP contribution in [0.3, 0.4) is 0 Å². The van der Waals surface area contributed by atoms with E-state index in [9.17, 15) is 18.0 Å². The maximum atomic E-state index is 14.0. The number of nitrogens with zero attached hydrogens (tertiary/aromatic N) is 2. The molecule has 0 radical (unpaired) electrons. The van der Waals surface area contributed by atoms with E-state index in [0.717, 1.165) is 34.5 Å². The van der Waals surface area contributed by atoms with Crippen molar-refractivity contribution in [1.29, 1.82) is 0 Å². The molecule has 0 aromatic heterocycles. The Bertz CT molecular complexity index is 1450. The van der Waals surface area contributed by atoms with Crippen LogP contribution in [0, 0.1) is 0 Å². The predicted octanol–water partition coefficient (Wildman–Crippen LogP) is 6.43. The molecule has 4 rings (SSSR count). The highest BCUT2D eigenvalue weighted by Gasteiger charge is 2.33. The average molecular weight is 667 g/mol. The van der Waals surface area contributed by atoms with E-state index in [1.165, 1.54) is 17.0 Å². The predicted molar refractivity (Wildman–Crippen MR) is 162 cm³/mol. The van der Waals surface area contributed by atoms with Gasteiger partial charge in [0.2, 0.25) is 11.8 Å². The van der Waals surface area contributed by atoms with Crippen LogP contribution >= 0.6 is 39.1 Å². The van der Waals surface area contributed by atoms with Crippen LogP contribution in [0.4, 0.5) is 5.69 Å². The van der Waals surface area contributed by atoms with Gasteiger partial charge in [0, 0.05) is 27.1 Å². The molecule has 1 N–H and O–H groups in total. The molecule has 11 heteroatoms. The van der Waals surface area contributed by atoms with Gasteiger partial charge < -0.3 is 10.2 Å². The molecule has 1 fully saturated rings. The van der Waals surface area contributed by atoms with Gasteiger partial charge in [0.25, 0.3) is 10.0 Å². The van der Waals surface area contributed by atoms with Gasteiger partial charge in [0.05, 0.1) is 10.6 Å². The molecule has 1 saturated carbocycles. The number of halogens is 3. The second-order valence-electron chi connectivity index (χ2n) is 9.72. The minimum atomic E-state index is -4.12. The Kier molecular flexibility index (Phi) is 10.2. The van der Waals surface area contributed by atoms with Crippen LogP contribution < -0.4 is 9.62 Å². The maximum Gasteiger partial charge on any atom is 0.264 e. The summed E-state index contributed by atoms with van der Waals surface area (Å²) in [6.07, 6.45) is 3.87. The monoisotopic (exact) mass is 665 g/mol. The summed E-state index contributed by atoms with van der Waals surface area (Å²) in [6, 6.07) is 18.7. The van der Waals surface area contributed by atoms with Crippen molar-refractivity contribution in [3.8, 4) is 0 Å². The van der Waals surface area contributed by atoms with Crippen LogP contribution in [0.2, 0.25) is 10.0 Å². The molecule has 1 atom stereocenters. The van der Waals surface area contributed by atoms with E-state index in [1.54, 1.807) is 67.6 Å². The summed E-state index contributed by atoms with van der Waals surface area (Å²) in [7, 11) is -4.12. The van der Waals surface area contributed by atoms with Crippen LogP contribution in [0.15, 0.2) is 82.2 Å². The van der Waals surface area contributed by atoms with Gasteiger partial charge in [-0.05, 0) is 73.9 Å². The fraction of sp³-hybridized carbons (Fsp3) is 0.310. The fourth-order valence-electron chi connectivity index (χ4n) is 4.66. The van der Waals surface area contributed by atoms with Crippen LogP contribution in [-0.4, -0.2) is 43.8 Å². The number of hydrogen-bond acceptors (Lipinski definition) is 4. The number of anilines is 1. The largest absolute Gasteiger partial charge is 0.352 e. The third-order valence-electron chi connectivity index (χ3n) is 6.95. The standard InChI is InChI=1S/C29H30BrCl2N3O4S/c1-20(29(37)33-24-7-5-6-8-24)34(18-21-11-14-23(31)17-27(21)32)28(36)19-35(25-15-12-22(30)13-16-25)40(38,39)26-9-3-2-4-10-26/h2-4,9-17,20,24H,5-8,18-19H2,1H3,(H,33,37)/t20-/m0/s1. The Morgan fingerprint density at radius 2 is 1.65 bits per heavy atom. The van der Waals surface area contributed by atoms with E-state index in [2.05, 4.69) is 21.2 Å². The first-order valence-corrected chi connectivity index (χ1v) is 15.9. The third-order valence-corrected chi connectivity index (χ3v) is 9.85. The van der Waals surface area contributed by atoms with E-state index in [4.69, 9.17) is 23.2 Å². The number of benzene rings is 3. The lowest BCUT2D eigenvalue weighted by atomic mass is 10.1. The van der Waals surface area contributed by atoms with Crippen molar-refractivity contribution < 1.29 is 18.0 Å². The summed E-state index contributed by atoms with van der Waals surface area (Å²) < 4.78 is 29.4. The molecule has 7 nitrogen and oxygen atoms in total. The maximum absolute atomic E-state index is 14.0. The highest BCUT2D eigenvalue weighted by atomic mass is 79.9. The van der Waals surface area contributed by atoms with Crippen LogP contribution in [0.1, 0.15) is 38.2 Å². The smallest absolute Gasteiger partial charge is 0.264 e. The molecule has 0 bridgehead atoms. The second kappa shape index (κ2) is 13.4. The van der Waals surface area contributed by atoms with Crippen molar-refractivity contribution in [2.24, 2.45) is 0 Å². The van der Waals surface area contributed by atoms with Crippen molar-refractivity contribution in [2.75, 3.05) is 10.8 Å². The Morgan fingerprint density at radius 3 is 2.27 bits per heavy atom. The topological polar surface area (TPSA) is 86.8 Å². The molecule has 40 heavy (non-hydrogen) atoms. The lowest BCUT2D eigenvalue weighted by Gasteiger charge is -2.32. The number of nitrogens with one attached hydrogen (secondary N) is 1. The second-order valence-corrected chi connectivity index (χ2v) is 13.3. The molecule has 0 aliphatic heterocycles. The van der Waals surface area contributed by atoms with Crippen molar-refractivity contribution >= 4 is 66.7 Å². The molecule has 0 heterocycles. The molecule has 212 valence electrons. The lowest BCUT2D eigenvalue weighted by Crippen LogP contribution is -2.52. The molecule has 0 spiro atoms. The van der Waals surface area contributed by atoms with Gasteiger partial charge in [-0.15, -0.1) is 0 Å². The molecular formula is C29H30BrCl2N3O4S. The van der Waals surface area contributed by atoms with Crippen molar-refractivity contribution in [1.82, 2.24) is 10.2 Å². The summed E-state index contributed by atoms with van der Waals surface area (Å²) in [5.41, 5.74) is 0.897. The zero-order valence-corrected chi connectivity index (χ0v) is 25.8. The first-order valence-electron chi connectivity index (χ1n) is 12.9. The number of amides is 2. The normalized spacial score (nSPS) is 14.5. The summed E-state index contributed by atoms with van der Waals surface area (Å²) in [6.45, 7) is 1.11. The third kappa shape index (κ3) is 7.37. The van der Waals surface area contributed by atoms with Gasteiger partial charge in [0.1, 0.15) is 12.6 Å². The molecule has 0 unspecified atom stereocenters. The Hall–Kier alpha value is -2.59. The van der Waals surface area contributed by atoms with Crippen molar-refractivity contribution in [2.45, 2.75) is 56.1 Å². The van der Waals surface area contributed by atoms with E-state index < -0.39 is 28.5 Å². The highest BCUT2D eigenvalue weighted by molar-refractivity contribution is 9.10. The molecule has 1 aliphatic carbocycles. The molecule has 3 aromatic carbocycles. The van der Waals surface area contributed by atoms with Gasteiger partial charge in [-0.25, -0.2) is 8.42 Å². The molecule has 2 amide bonds. The lowest BCUT2D eigenvalue weighted by molar-refractivity contribution is -0.139. The average Bonchev–Trinajstić information content (AvgIpc) is 3.45. The zero-order chi connectivity index (χ0) is 28.9. The SMILES string of the molecule is C[C@@H](C(=O)NC1CCCC1)N(Cc1ccc(Cl)cc1Cl)C(=O)CN(c1ccc(Br)cc1)S(=O)(=O)c1ccccc1. The number of hydrogen-bond donors (Lipinski definition) is 1. The quantitative estimate of drug-likeness (QED) is 0.270. The Morgan fingerprint density at radius 1 is 1.00 bits per heavy atom. The summed E-state index contributed by atoms with van der Waals surface area (Å²) in [4.78, 5) is 28.7. The number of sulfonamides is 1. The number of carbonyl (C=O) groups is 2. The molecule has 0 saturated heterocycles. The first kappa shape index (κ1) is 30.4. The fourth-order valence-corrected chi connectivity index (χ4v) is 6.83. The number of rotatable bonds is 10. The Balaban J connectivity index is 1.69. The van der Waals surface area contributed by atoms with Gasteiger partial charge in [-0.3, -0.25) is 13.9 Å². The molecule has 3 aromatic rings. The van der Waals surface area contributed by atoms with Gasteiger partial charge in [0.15, 0.2) is 0 Å². The minimum Gasteiger partial charge on any atom is -0.352 e. The van der Waals surface area contributed by atoms with E-state index in [-0.39, 0.29) is 23.4 Å². The Labute approximate surface area is 253 Å². The van der Waals surface area contributed by atoms with E-state index in [0.29, 0.717) is 21.3 Å². The van der Waals surface area contributed by atoms with Crippen LogP contribution in [0.25, 0.3) is 0 Å². The summed E-state index contributed by atoms with van der Waals surface area (Å²) >= 11 is 15.9. The van der Waals surface area contributed by atoms with Crippen LogP contribution in [-0.2, 0) is 26.2 Å². The molecule has 1 aliphatic rings.